The van der Waals surface area contributed by atoms with Crippen molar-refractivity contribution in [1.82, 2.24) is 9.78 Å². The summed E-state index contributed by atoms with van der Waals surface area (Å²) in [6.45, 7) is 2.52. The number of rotatable bonds is 3. The minimum atomic E-state index is -0.943. The highest BCUT2D eigenvalue weighted by molar-refractivity contribution is 5.86. The van der Waals surface area contributed by atoms with E-state index in [1.165, 1.54) is 12.4 Å². The number of allylic oxidation sites excluding steroid dienone is 2. The summed E-state index contributed by atoms with van der Waals surface area (Å²) in [6.07, 6.45) is 6.63. The van der Waals surface area contributed by atoms with Crippen molar-refractivity contribution in [1.29, 1.82) is 0 Å². The molecule has 0 amide bonds. The molecular formula is C8H10N2O2. The standard InChI is InChI=1S/C8H10N2O2/c1-2-3-4-10-6-7(5-9-10)8(11)12/h2-3,5-6H,4H2,1H3,(H,11,12)/b3-2+. The predicted octanol–water partition coefficient (Wildman–Crippen LogP) is 1.16. The molecule has 0 atom stereocenters. The van der Waals surface area contributed by atoms with Gasteiger partial charge in [0.15, 0.2) is 0 Å². The number of hydrogen-bond acceptors (Lipinski definition) is 2. The van der Waals surface area contributed by atoms with E-state index in [9.17, 15) is 4.79 Å². The van der Waals surface area contributed by atoms with Crippen LogP contribution in [0.25, 0.3) is 0 Å². The van der Waals surface area contributed by atoms with Crippen LogP contribution in [-0.4, -0.2) is 20.9 Å². The Kier molecular flexibility index (Phi) is 2.63. The molecule has 0 aliphatic carbocycles. The molecule has 0 aromatic carbocycles. The van der Waals surface area contributed by atoms with Crippen LogP contribution in [0.5, 0.6) is 0 Å². The molecule has 0 radical (unpaired) electrons. The fourth-order valence-corrected chi connectivity index (χ4v) is 0.787. The van der Waals surface area contributed by atoms with Crippen LogP contribution in [0.15, 0.2) is 24.5 Å². The SMILES string of the molecule is C/C=C/Cn1cc(C(=O)O)cn1. The minimum absolute atomic E-state index is 0.222. The van der Waals surface area contributed by atoms with Crippen molar-refractivity contribution in [3.8, 4) is 0 Å². The van der Waals surface area contributed by atoms with Gasteiger partial charge in [-0.1, -0.05) is 12.2 Å². The quantitative estimate of drug-likeness (QED) is 0.685. The molecule has 1 N–H and O–H groups in total. The van der Waals surface area contributed by atoms with Crippen molar-refractivity contribution in [2.45, 2.75) is 13.5 Å². The number of aromatic nitrogens is 2. The molecule has 0 fully saturated rings. The molecule has 0 aliphatic rings. The molecule has 1 rings (SSSR count). The van der Waals surface area contributed by atoms with Gasteiger partial charge in [-0.2, -0.15) is 5.10 Å². The molecule has 4 nitrogen and oxygen atoms in total. The van der Waals surface area contributed by atoms with E-state index in [0.29, 0.717) is 6.54 Å². The van der Waals surface area contributed by atoms with E-state index >= 15 is 0 Å². The summed E-state index contributed by atoms with van der Waals surface area (Å²) in [5.74, 6) is -0.943. The summed E-state index contributed by atoms with van der Waals surface area (Å²) in [5.41, 5.74) is 0.222. The lowest BCUT2D eigenvalue weighted by Crippen LogP contribution is -1.96. The molecular weight excluding hydrogens is 156 g/mol. The van der Waals surface area contributed by atoms with Gasteiger partial charge in [0.2, 0.25) is 0 Å². The number of carboxylic acids is 1. The molecule has 1 aromatic heterocycles. The lowest BCUT2D eigenvalue weighted by atomic mass is 10.4. The Labute approximate surface area is 70.1 Å². The van der Waals surface area contributed by atoms with Crippen LogP contribution in [0.4, 0.5) is 0 Å². The van der Waals surface area contributed by atoms with Crippen molar-refractivity contribution in [3.63, 3.8) is 0 Å². The summed E-state index contributed by atoms with van der Waals surface area (Å²) in [7, 11) is 0. The minimum Gasteiger partial charge on any atom is -0.478 e. The van der Waals surface area contributed by atoms with Gasteiger partial charge in [0, 0.05) is 6.20 Å². The average Bonchev–Trinajstić information content (AvgIpc) is 2.48. The molecule has 0 bridgehead atoms. The molecule has 64 valence electrons. The molecule has 0 spiro atoms. The second kappa shape index (κ2) is 3.71. The molecule has 0 unspecified atom stereocenters. The van der Waals surface area contributed by atoms with Gasteiger partial charge in [0.25, 0.3) is 0 Å². The second-order valence-corrected chi connectivity index (χ2v) is 2.33. The first-order valence-electron chi connectivity index (χ1n) is 3.61. The molecule has 0 aliphatic heterocycles. The Morgan fingerprint density at radius 3 is 3.08 bits per heavy atom. The van der Waals surface area contributed by atoms with Crippen LogP contribution >= 0.6 is 0 Å². The first-order valence-corrected chi connectivity index (χ1v) is 3.61. The predicted molar refractivity (Wildman–Crippen MR) is 44.0 cm³/mol. The van der Waals surface area contributed by atoms with E-state index in [0.717, 1.165) is 0 Å². The zero-order valence-corrected chi connectivity index (χ0v) is 6.77. The van der Waals surface area contributed by atoms with E-state index in [1.807, 2.05) is 19.1 Å². The van der Waals surface area contributed by atoms with Gasteiger partial charge < -0.3 is 5.11 Å². The van der Waals surface area contributed by atoms with Crippen molar-refractivity contribution in [2.24, 2.45) is 0 Å². The summed E-state index contributed by atoms with van der Waals surface area (Å²) < 4.78 is 1.57. The zero-order chi connectivity index (χ0) is 8.97. The van der Waals surface area contributed by atoms with E-state index in [4.69, 9.17) is 5.11 Å². The lowest BCUT2D eigenvalue weighted by molar-refractivity contribution is 0.0697. The van der Waals surface area contributed by atoms with Gasteiger partial charge in [-0.05, 0) is 6.92 Å². The van der Waals surface area contributed by atoms with Crippen molar-refractivity contribution in [3.05, 3.63) is 30.1 Å². The van der Waals surface area contributed by atoms with Crippen molar-refractivity contribution in [2.75, 3.05) is 0 Å². The molecule has 1 aromatic rings. The maximum atomic E-state index is 10.4. The Hall–Kier alpha value is -1.58. The normalized spacial score (nSPS) is 10.8. The molecule has 0 saturated heterocycles. The van der Waals surface area contributed by atoms with Crippen LogP contribution in [0.3, 0.4) is 0 Å². The Bertz CT molecular complexity index is 302. The third kappa shape index (κ3) is 1.95. The van der Waals surface area contributed by atoms with E-state index in [2.05, 4.69) is 5.10 Å². The van der Waals surface area contributed by atoms with Gasteiger partial charge in [-0.25, -0.2) is 4.79 Å². The van der Waals surface area contributed by atoms with Crippen LogP contribution in [0.1, 0.15) is 17.3 Å². The largest absolute Gasteiger partial charge is 0.478 e. The number of carbonyl (C=O) groups is 1. The molecule has 12 heavy (non-hydrogen) atoms. The van der Waals surface area contributed by atoms with Crippen molar-refractivity contribution < 1.29 is 9.90 Å². The Balaban J connectivity index is 2.70. The second-order valence-electron chi connectivity index (χ2n) is 2.33. The fraction of sp³-hybridized carbons (Fsp3) is 0.250. The monoisotopic (exact) mass is 166 g/mol. The Morgan fingerprint density at radius 2 is 2.58 bits per heavy atom. The highest BCUT2D eigenvalue weighted by Crippen LogP contribution is 1.96. The lowest BCUT2D eigenvalue weighted by Gasteiger charge is -1.91. The fourth-order valence-electron chi connectivity index (χ4n) is 0.787. The molecule has 0 saturated carbocycles. The molecule has 4 heteroatoms. The average molecular weight is 166 g/mol. The first kappa shape index (κ1) is 8.52. The van der Waals surface area contributed by atoms with Crippen LogP contribution in [0.2, 0.25) is 0 Å². The van der Waals surface area contributed by atoms with Crippen molar-refractivity contribution >= 4 is 5.97 Å². The summed E-state index contributed by atoms with van der Waals surface area (Å²) in [5, 5.41) is 12.4. The first-order chi connectivity index (χ1) is 5.74. The number of nitrogens with zero attached hydrogens (tertiary/aromatic N) is 2. The third-order valence-corrected chi connectivity index (χ3v) is 1.41. The van der Waals surface area contributed by atoms with Gasteiger partial charge in [0.1, 0.15) is 0 Å². The number of carboxylic acid groups (broad SMARTS) is 1. The van der Waals surface area contributed by atoms with E-state index in [-0.39, 0.29) is 5.56 Å². The van der Waals surface area contributed by atoms with Gasteiger partial charge in [0.05, 0.1) is 18.3 Å². The third-order valence-electron chi connectivity index (χ3n) is 1.41. The summed E-state index contributed by atoms with van der Waals surface area (Å²) in [4.78, 5) is 10.4. The van der Waals surface area contributed by atoms with Crippen LogP contribution in [0, 0.1) is 0 Å². The summed E-state index contributed by atoms with van der Waals surface area (Å²) >= 11 is 0. The smallest absolute Gasteiger partial charge is 0.338 e. The topological polar surface area (TPSA) is 55.1 Å². The maximum absolute atomic E-state index is 10.4. The Morgan fingerprint density at radius 1 is 1.83 bits per heavy atom. The zero-order valence-electron chi connectivity index (χ0n) is 6.77. The van der Waals surface area contributed by atoms with E-state index < -0.39 is 5.97 Å². The highest BCUT2D eigenvalue weighted by Gasteiger charge is 2.03. The number of aromatic carboxylic acids is 1. The highest BCUT2D eigenvalue weighted by atomic mass is 16.4. The van der Waals surface area contributed by atoms with Gasteiger partial charge >= 0.3 is 5.97 Å². The number of hydrogen-bond donors (Lipinski definition) is 1. The summed E-state index contributed by atoms with van der Waals surface area (Å²) in [6, 6.07) is 0. The van der Waals surface area contributed by atoms with Crippen LogP contribution in [-0.2, 0) is 6.54 Å². The van der Waals surface area contributed by atoms with Crippen LogP contribution < -0.4 is 0 Å². The maximum Gasteiger partial charge on any atom is 0.338 e. The van der Waals surface area contributed by atoms with Gasteiger partial charge in [-0.3, -0.25) is 4.68 Å². The van der Waals surface area contributed by atoms with E-state index in [1.54, 1.807) is 4.68 Å². The van der Waals surface area contributed by atoms with Gasteiger partial charge in [-0.15, -0.1) is 0 Å². The molecule has 1 heterocycles.